The van der Waals surface area contributed by atoms with E-state index in [0.717, 1.165) is 11.1 Å². The van der Waals surface area contributed by atoms with Gasteiger partial charge in [-0.05, 0) is 22.9 Å². The van der Waals surface area contributed by atoms with Crippen LogP contribution in [-0.2, 0) is 11.2 Å². The largest absolute Gasteiger partial charge is 0.293 e. The summed E-state index contributed by atoms with van der Waals surface area (Å²) in [5, 5.41) is 1.86. The van der Waals surface area contributed by atoms with Gasteiger partial charge in [-0.3, -0.25) is 9.52 Å². The minimum atomic E-state index is -0.00569. The maximum absolute atomic E-state index is 11.6. The molecule has 3 heteroatoms. The Balaban J connectivity index is 2.14. The summed E-state index contributed by atoms with van der Waals surface area (Å²) in [6, 6.07) is 9.98. The van der Waals surface area contributed by atoms with Crippen molar-refractivity contribution in [2.45, 2.75) is 6.42 Å². The van der Waals surface area contributed by atoms with Crippen molar-refractivity contribution in [2.24, 2.45) is 0 Å². The van der Waals surface area contributed by atoms with E-state index < -0.39 is 0 Å². The smallest absolute Gasteiger partial charge is 0.257 e. The molecule has 1 amide bonds. The zero-order chi connectivity index (χ0) is 10.5. The molecule has 1 heterocycles. The first-order valence-electron chi connectivity index (χ1n) is 4.72. The predicted octanol–water partition coefficient (Wildman–Crippen LogP) is 2.45. The number of benzene rings is 1. The normalized spacial score (nSPS) is 15.5. The Morgan fingerprint density at radius 1 is 1.20 bits per heavy atom. The van der Waals surface area contributed by atoms with Gasteiger partial charge in [-0.2, -0.15) is 0 Å². The first kappa shape index (κ1) is 10.1. The topological polar surface area (TPSA) is 29.1 Å². The molecule has 1 aliphatic rings. The third-order valence-electron chi connectivity index (χ3n) is 2.12. The maximum atomic E-state index is 11.6. The number of carbonyl (C=O) groups is 1. The quantitative estimate of drug-likeness (QED) is 0.771. The van der Waals surface area contributed by atoms with Gasteiger partial charge in [0.05, 0.1) is 0 Å². The Bertz CT molecular complexity index is 409. The van der Waals surface area contributed by atoms with Crippen LogP contribution in [0.5, 0.6) is 0 Å². The van der Waals surface area contributed by atoms with Gasteiger partial charge in [0.15, 0.2) is 0 Å². The molecule has 1 aromatic rings. The van der Waals surface area contributed by atoms with Gasteiger partial charge in [0.1, 0.15) is 0 Å². The minimum absolute atomic E-state index is 0.00569. The standard InChI is InChI=1S/C12H11NOS/c14-12-11(7-4-8-15-13-12)9-10-5-2-1-3-6-10/h1-8H,9H2,(H,13,14). The van der Waals surface area contributed by atoms with Crippen LogP contribution in [0, 0.1) is 0 Å². The number of allylic oxidation sites excluding steroid dienone is 2. The van der Waals surface area contributed by atoms with E-state index in [1.54, 1.807) is 0 Å². The van der Waals surface area contributed by atoms with Gasteiger partial charge in [-0.25, -0.2) is 0 Å². The van der Waals surface area contributed by atoms with E-state index in [4.69, 9.17) is 0 Å². The fourth-order valence-electron chi connectivity index (χ4n) is 1.38. The van der Waals surface area contributed by atoms with Crippen LogP contribution in [0.1, 0.15) is 5.56 Å². The van der Waals surface area contributed by atoms with Crippen molar-refractivity contribution >= 4 is 17.9 Å². The van der Waals surface area contributed by atoms with Crippen LogP contribution >= 0.6 is 11.9 Å². The van der Waals surface area contributed by atoms with Gasteiger partial charge >= 0.3 is 0 Å². The molecule has 0 bridgehead atoms. The van der Waals surface area contributed by atoms with E-state index in [9.17, 15) is 4.79 Å². The Hall–Kier alpha value is -1.48. The zero-order valence-corrected chi connectivity index (χ0v) is 8.96. The van der Waals surface area contributed by atoms with E-state index in [2.05, 4.69) is 4.72 Å². The summed E-state index contributed by atoms with van der Waals surface area (Å²) in [4.78, 5) is 11.6. The van der Waals surface area contributed by atoms with Crippen LogP contribution in [0.25, 0.3) is 0 Å². The van der Waals surface area contributed by atoms with Crippen LogP contribution < -0.4 is 4.72 Å². The third-order valence-corrected chi connectivity index (χ3v) is 2.72. The average molecular weight is 217 g/mol. The Morgan fingerprint density at radius 2 is 2.00 bits per heavy atom. The van der Waals surface area contributed by atoms with Crippen LogP contribution in [0.4, 0.5) is 0 Å². The molecule has 0 aromatic heterocycles. The van der Waals surface area contributed by atoms with Gasteiger partial charge in [-0.15, -0.1) is 0 Å². The van der Waals surface area contributed by atoms with Crippen molar-refractivity contribution in [2.75, 3.05) is 0 Å². The summed E-state index contributed by atoms with van der Waals surface area (Å²) in [7, 11) is 0. The molecule has 0 spiro atoms. The lowest BCUT2D eigenvalue weighted by Gasteiger charge is -2.04. The zero-order valence-electron chi connectivity index (χ0n) is 8.14. The molecule has 0 saturated carbocycles. The second-order valence-corrected chi connectivity index (χ2v) is 3.94. The molecule has 15 heavy (non-hydrogen) atoms. The summed E-state index contributed by atoms with van der Waals surface area (Å²) in [5.74, 6) is -0.00569. The number of amides is 1. The number of carbonyl (C=O) groups excluding carboxylic acids is 1. The van der Waals surface area contributed by atoms with Crippen LogP contribution in [-0.4, -0.2) is 5.91 Å². The molecule has 2 nitrogen and oxygen atoms in total. The fraction of sp³-hybridized carbons (Fsp3) is 0.0833. The molecule has 0 atom stereocenters. The maximum Gasteiger partial charge on any atom is 0.257 e. The molecule has 1 aliphatic heterocycles. The second-order valence-electron chi connectivity index (χ2n) is 3.23. The van der Waals surface area contributed by atoms with Gasteiger partial charge in [0.2, 0.25) is 0 Å². The molecular weight excluding hydrogens is 206 g/mol. The second kappa shape index (κ2) is 4.84. The molecule has 0 saturated heterocycles. The summed E-state index contributed by atoms with van der Waals surface area (Å²) >= 11 is 1.31. The molecule has 76 valence electrons. The molecular formula is C12H11NOS. The van der Waals surface area contributed by atoms with Gasteiger partial charge in [-0.1, -0.05) is 42.5 Å². The molecule has 1 N–H and O–H groups in total. The average Bonchev–Trinajstić information content (AvgIpc) is 2.46. The highest BCUT2D eigenvalue weighted by Gasteiger charge is 2.10. The van der Waals surface area contributed by atoms with Crippen LogP contribution in [0.15, 0.2) is 53.5 Å². The van der Waals surface area contributed by atoms with Gasteiger partial charge < -0.3 is 0 Å². The van der Waals surface area contributed by atoms with E-state index in [1.807, 2.05) is 47.9 Å². The van der Waals surface area contributed by atoms with E-state index in [0.29, 0.717) is 6.42 Å². The highest BCUT2D eigenvalue weighted by molar-refractivity contribution is 8.00. The highest BCUT2D eigenvalue weighted by atomic mass is 32.2. The first-order chi connectivity index (χ1) is 7.36. The van der Waals surface area contributed by atoms with Crippen LogP contribution in [0.3, 0.4) is 0 Å². The van der Waals surface area contributed by atoms with Crippen molar-refractivity contribution in [3.05, 3.63) is 59.0 Å². The van der Waals surface area contributed by atoms with Crippen molar-refractivity contribution in [1.29, 1.82) is 0 Å². The summed E-state index contributed by atoms with van der Waals surface area (Å²) in [5.41, 5.74) is 1.95. The number of rotatable bonds is 2. The van der Waals surface area contributed by atoms with Crippen LogP contribution in [0.2, 0.25) is 0 Å². The molecule has 0 unspecified atom stereocenters. The molecule has 0 radical (unpaired) electrons. The molecule has 0 aliphatic carbocycles. The van der Waals surface area contributed by atoms with Crippen molar-refractivity contribution < 1.29 is 4.79 Å². The monoisotopic (exact) mass is 217 g/mol. The fourth-order valence-corrected chi connectivity index (χ4v) is 1.84. The van der Waals surface area contributed by atoms with Crippen molar-refractivity contribution in [3.8, 4) is 0 Å². The third kappa shape index (κ3) is 2.73. The number of hydrogen-bond acceptors (Lipinski definition) is 2. The SMILES string of the molecule is O=C1NSC=CC=C1Cc1ccccc1. The predicted molar refractivity (Wildman–Crippen MR) is 63.1 cm³/mol. The van der Waals surface area contributed by atoms with E-state index in [1.165, 1.54) is 11.9 Å². The number of nitrogens with one attached hydrogen (secondary N) is 1. The molecule has 2 rings (SSSR count). The van der Waals surface area contributed by atoms with Crippen molar-refractivity contribution in [1.82, 2.24) is 4.72 Å². The van der Waals surface area contributed by atoms with Gasteiger partial charge in [0, 0.05) is 12.0 Å². The molecule has 0 fully saturated rings. The Labute approximate surface area is 93.2 Å². The van der Waals surface area contributed by atoms with E-state index >= 15 is 0 Å². The molecule has 1 aromatic carbocycles. The lowest BCUT2D eigenvalue weighted by Crippen LogP contribution is -2.17. The van der Waals surface area contributed by atoms with Crippen molar-refractivity contribution in [3.63, 3.8) is 0 Å². The Kier molecular flexibility index (Phi) is 3.25. The first-order valence-corrected chi connectivity index (χ1v) is 5.60. The highest BCUT2D eigenvalue weighted by Crippen LogP contribution is 2.12. The lowest BCUT2D eigenvalue weighted by molar-refractivity contribution is -0.115. The summed E-state index contributed by atoms with van der Waals surface area (Å²) in [6.45, 7) is 0. The lowest BCUT2D eigenvalue weighted by atomic mass is 10.0. The minimum Gasteiger partial charge on any atom is -0.293 e. The number of hydrogen-bond donors (Lipinski definition) is 1. The summed E-state index contributed by atoms with van der Waals surface area (Å²) < 4.78 is 2.74. The Morgan fingerprint density at radius 3 is 2.80 bits per heavy atom. The van der Waals surface area contributed by atoms with Gasteiger partial charge in [0.25, 0.3) is 5.91 Å². The van der Waals surface area contributed by atoms with E-state index in [-0.39, 0.29) is 5.91 Å². The summed E-state index contributed by atoms with van der Waals surface area (Å²) in [6.07, 6.45) is 4.43.